The van der Waals surface area contributed by atoms with Gasteiger partial charge in [0.05, 0.1) is 5.41 Å². The molecule has 1 aromatic rings. The molecule has 0 saturated heterocycles. The van der Waals surface area contributed by atoms with Gasteiger partial charge < -0.3 is 15.2 Å². The van der Waals surface area contributed by atoms with Crippen LogP contribution in [-0.4, -0.2) is 23.7 Å². The lowest BCUT2D eigenvalue weighted by Gasteiger charge is -2.37. The maximum absolute atomic E-state index is 11.8. The number of carbonyl (C=O) groups is 2. The average molecular weight is 317 g/mol. The first kappa shape index (κ1) is 15.8. The Bertz CT molecular complexity index is 570. The molecule has 0 heterocycles. The van der Waals surface area contributed by atoms with E-state index in [0.717, 1.165) is 18.4 Å². The molecule has 5 nitrogen and oxygen atoms in total. The maximum Gasteiger partial charge on any atom is 0.407 e. The van der Waals surface area contributed by atoms with Crippen LogP contribution in [0.3, 0.4) is 0 Å². The van der Waals surface area contributed by atoms with E-state index in [9.17, 15) is 14.7 Å². The molecule has 5 heteroatoms. The van der Waals surface area contributed by atoms with Crippen LogP contribution in [0.25, 0.3) is 0 Å². The van der Waals surface area contributed by atoms with Crippen molar-refractivity contribution >= 4 is 12.1 Å². The molecule has 124 valence electrons. The van der Waals surface area contributed by atoms with E-state index in [2.05, 4.69) is 5.32 Å². The Morgan fingerprint density at radius 1 is 1.04 bits per heavy atom. The predicted molar refractivity (Wildman–Crippen MR) is 84.8 cm³/mol. The van der Waals surface area contributed by atoms with Crippen molar-refractivity contribution < 1.29 is 19.4 Å². The number of carbonyl (C=O) groups excluding carboxylic acids is 1. The van der Waals surface area contributed by atoms with Gasteiger partial charge in [-0.2, -0.15) is 0 Å². The van der Waals surface area contributed by atoms with E-state index < -0.39 is 17.5 Å². The Kier molecular flexibility index (Phi) is 4.28. The second kappa shape index (κ2) is 6.22. The van der Waals surface area contributed by atoms with Crippen molar-refractivity contribution in [3.8, 4) is 0 Å². The molecule has 2 fully saturated rings. The van der Waals surface area contributed by atoms with Crippen molar-refractivity contribution in [2.24, 2.45) is 10.8 Å². The Balaban J connectivity index is 1.49. The highest BCUT2D eigenvalue weighted by molar-refractivity contribution is 5.76. The van der Waals surface area contributed by atoms with Gasteiger partial charge in [0.2, 0.25) is 0 Å². The molecule has 1 aromatic carbocycles. The molecule has 1 spiro atoms. The highest BCUT2D eigenvalue weighted by Gasteiger charge is 2.52. The zero-order valence-electron chi connectivity index (χ0n) is 13.2. The molecular weight excluding hydrogens is 294 g/mol. The molecule has 0 atom stereocenters. The summed E-state index contributed by atoms with van der Waals surface area (Å²) in [6.07, 6.45) is 5.11. The Morgan fingerprint density at radius 3 is 2.22 bits per heavy atom. The summed E-state index contributed by atoms with van der Waals surface area (Å²) < 4.78 is 5.15. The first-order valence-corrected chi connectivity index (χ1v) is 8.22. The Labute approximate surface area is 136 Å². The van der Waals surface area contributed by atoms with Crippen LogP contribution in [0, 0.1) is 10.8 Å². The second-order valence-corrected chi connectivity index (χ2v) is 7.00. The molecule has 3 rings (SSSR count). The largest absolute Gasteiger partial charge is 0.481 e. The lowest BCUT2D eigenvalue weighted by Crippen LogP contribution is -2.45. The van der Waals surface area contributed by atoms with E-state index in [0.29, 0.717) is 18.3 Å². The summed E-state index contributed by atoms with van der Waals surface area (Å²) in [6.45, 7) is 0.335. The lowest BCUT2D eigenvalue weighted by molar-refractivity contribution is -0.151. The fourth-order valence-corrected chi connectivity index (χ4v) is 3.42. The molecular formula is C18H23NO4. The summed E-state index contributed by atoms with van der Waals surface area (Å²) >= 11 is 0. The fourth-order valence-electron chi connectivity index (χ4n) is 3.42. The van der Waals surface area contributed by atoms with Gasteiger partial charge in [-0.15, -0.1) is 0 Å². The number of benzene rings is 1. The van der Waals surface area contributed by atoms with Crippen LogP contribution in [0.5, 0.6) is 0 Å². The van der Waals surface area contributed by atoms with Crippen LogP contribution >= 0.6 is 0 Å². The van der Waals surface area contributed by atoms with Crippen molar-refractivity contribution in [1.29, 1.82) is 0 Å². The normalized spacial score (nSPS) is 20.7. The Morgan fingerprint density at radius 2 is 1.65 bits per heavy atom. The molecule has 23 heavy (non-hydrogen) atoms. The SMILES string of the molecule is O=C(NCC1(C(=O)O)CCC2(CC2)CC1)OCc1ccccc1. The van der Waals surface area contributed by atoms with Crippen LogP contribution in [0.15, 0.2) is 30.3 Å². The summed E-state index contributed by atoms with van der Waals surface area (Å²) in [5.41, 5.74) is 0.496. The van der Waals surface area contributed by atoms with Crippen molar-refractivity contribution in [2.75, 3.05) is 6.54 Å². The van der Waals surface area contributed by atoms with Crippen LogP contribution in [0.2, 0.25) is 0 Å². The molecule has 1 amide bonds. The lowest BCUT2D eigenvalue weighted by atomic mass is 9.69. The predicted octanol–water partition coefficient (Wildman–Crippen LogP) is 3.34. The Hall–Kier alpha value is -2.04. The van der Waals surface area contributed by atoms with Gasteiger partial charge >= 0.3 is 12.1 Å². The summed E-state index contributed by atoms with van der Waals surface area (Å²) in [4.78, 5) is 23.5. The van der Waals surface area contributed by atoms with E-state index >= 15 is 0 Å². The standard InChI is InChI=1S/C18H23NO4/c20-15(21)18(10-8-17(6-7-17)9-11-18)13-19-16(22)23-12-14-4-2-1-3-5-14/h1-5H,6-13H2,(H,19,22)(H,20,21). The number of aliphatic carboxylic acids is 1. The van der Waals surface area contributed by atoms with Crippen LogP contribution in [-0.2, 0) is 16.1 Å². The number of rotatable bonds is 5. The van der Waals surface area contributed by atoms with Crippen molar-refractivity contribution in [1.82, 2.24) is 5.32 Å². The first-order valence-electron chi connectivity index (χ1n) is 8.22. The minimum Gasteiger partial charge on any atom is -0.481 e. The van der Waals surface area contributed by atoms with Crippen molar-refractivity contribution in [3.63, 3.8) is 0 Å². The quantitative estimate of drug-likeness (QED) is 0.873. The van der Waals surface area contributed by atoms with E-state index in [1.807, 2.05) is 30.3 Å². The number of nitrogens with one attached hydrogen (secondary N) is 1. The maximum atomic E-state index is 11.8. The van der Waals surface area contributed by atoms with E-state index in [-0.39, 0.29) is 13.2 Å². The summed E-state index contributed by atoms with van der Waals surface area (Å²) in [5.74, 6) is -0.809. The molecule has 2 aliphatic carbocycles. The van der Waals surface area contributed by atoms with Gasteiger partial charge in [-0.3, -0.25) is 4.79 Å². The first-order chi connectivity index (χ1) is 11.0. The molecule has 0 bridgehead atoms. The highest BCUT2D eigenvalue weighted by Crippen LogP contribution is 2.59. The van der Waals surface area contributed by atoms with Gasteiger partial charge in [-0.25, -0.2) is 4.79 Å². The minimum absolute atomic E-state index is 0.145. The van der Waals surface area contributed by atoms with Gasteiger partial charge in [0.1, 0.15) is 6.61 Å². The second-order valence-electron chi connectivity index (χ2n) is 7.00. The zero-order valence-corrected chi connectivity index (χ0v) is 13.2. The highest BCUT2D eigenvalue weighted by atomic mass is 16.5. The number of carboxylic acids is 1. The molecule has 0 aromatic heterocycles. The summed E-state index contributed by atoms with van der Waals surface area (Å²) in [6, 6.07) is 9.41. The van der Waals surface area contributed by atoms with Crippen LogP contribution in [0.4, 0.5) is 4.79 Å². The average Bonchev–Trinajstić information content (AvgIpc) is 3.33. The number of ether oxygens (including phenoxy) is 1. The van der Waals surface area contributed by atoms with E-state index in [1.165, 1.54) is 12.8 Å². The third-order valence-corrected chi connectivity index (χ3v) is 5.46. The summed E-state index contributed by atoms with van der Waals surface area (Å²) in [5, 5.41) is 12.3. The molecule has 0 aliphatic heterocycles. The molecule has 0 radical (unpaired) electrons. The van der Waals surface area contributed by atoms with Crippen molar-refractivity contribution in [3.05, 3.63) is 35.9 Å². The zero-order chi connectivity index (χ0) is 16.3. The topological polar surface area (TPSA) is 75.6 Å². The third-order valence-electron chi connectivity index (χ3n) is 5.46. The fraction of sp³-hybridized carbons (Fsp3) is 0.556. The minimum atomic E-state index is -0.834. The third kappa shape index (κ3) is 3.66. The van der Waals surface area contributed by atoms with Crippen LogP contribution in [0.1, 0.15) is 44.1 Å². The van der Waals surface area contributed by atoms with E-state index in [1.54, 1.807) is 0 Å². The number of amides is 1. The van der Waals surface area contributed by atoms with Crippen molar-refractivity contribution in [2.45, 2.75) is 45.1 Å². The van der Waals surface area contributed by atoms with Gasteiger partial charge in [0, 0.05) is 6.54 Å². The smallest absolute Gasteiger partial charge is 0.407 e. The molecule has 0 unspecified atom stereocenters. The monoisotopic (exact) mass is 317 g/mol. The van der Waals surface area contributed by atoms with Gasteiger partial charge in [-0.05, 0) is 49.5 Å². The number of alkyl carbamates (subject to hydrolysis) is 1. The van der Waals surface area contributed by atoms with Crippen LogP contribution < -0.4 is 5.32 Å². The number of carboxylic acid groups (broad SMARTS) is 1. The summed E-state index contributed by atoms with van der Waals surface area (Å²) in [7, 11) is 0. The van der Waals surface area contributed by atoms with Gasteiger partial charge in [-0.1, -0.05) is 30.3 Å². The van der Waals surface area contributed by atoms with Gasteiger partial charge in [0.25, 0.3) is 0 Å². The molecule has 2 saturated carbocycles. The number of hydrogen-bond donors (Lipinski definition) is 2. The van der Waals surface area contributed by atoms with E-state index in [4.69, 9.17) is 4.74 Å². The molecule has 2 N–H and O–H groups in total. The molecule has 2 aliphatic rings. The number of hydrogen-bond acceptors (Lipinski definition) is 3. The van der Waals surface area contributed by atoms with Gasteiger partial charge in [0.15, 0.2) is 0 Å².